The van der Waals surface area contributed by atoms with E-state index in [4.69, 9.17) is 5.73 Å². The van der Waals surface area contributed by atoms with Gasteiger partial charge in [0.15, 0.2) is 0 Å². The summed E-state index contributed by atoms with van der Waals surface area (Å²) in [7, 11) is 0. The van der Waals surface area contributed by atoms with Gasteiger partial charge < -0.3 is 5.73 Å². The van der Waals surface area contributed by atoms with Gasteiger partial charge in [-0.25, -0.2) is 0 Å². The summed E-state index contributed by atoms with van der Waals surface area (Å²) in [5, 5.41) is 4.14. The molecular formula is C14H16F3N3. The highest BCUT2D eigenvalue weighted by molar-refractivity contribution is 5.33. The van der Waals surface area contributed by atoms with E-state index in [-0.39, 0.29) is 0 Å². The van der Waals surface area contributed by atoms with Gasteiger partial charge in [-0.1, -0.05) is 19.1 Å². The highest BCUT2D eigenvalue weighted by Gasteiger charge is 2.30. The van der Waals surface area contributed by atoms with Crippen molar-refractivity contribution in [1.29, 1.82) is 0 Å². The van der Waals surface area contributed by atoms with E-state index in [0.29, 0.717) is 11.1 Å². The van der Waals surface area contributed by atoms with Crippen LogP contribution in [0.25, 0.3) is 0 Å². The van der Waals surface area contributed by atoms with Crippen molar-refractivity contribution in [3.05, 3.63) is 53.3 Å². The molecule has 1 aromatic heterocycles. The number of nitrogens with two attached hydrogens (primary N) is 1. The molecular weight excluding hydrogens is 267 g/mol. The van der Waals surface area contributed by atoms with E-state index in [1.54, 1.807) is 23.1 Å². The van der Waals surface area contributed by atoms with Crippen LogP contribution in [-0.4, -0.2) is 9.78 Å². The lowest BCUT2D eigenvalue weighted by Gasteiger charge is -2.13. The normalized spacial score (nSPS) is 13.4. The van der Waals surface area contributed by atoms with E-state index in [2.05, 4.69) is 5.10 Å². The number of aryl methyl sites for hydroxylation is 1. The summed E-state index contributed by atoms with van der Waals surface area (Å²) in [5.41, 5.74) is 6.46. The smallest absolute Gasteiger partial charge is 0.320 e. The van der Waals surface area contributed by atoms with Gasteiger partial charge in [0.25, 0.3) is 0 Å². The van der Waals surface area contributed by atoms with Gasteiger partial charge in [0.05, 0.1) is 17.8 Å². The highest BCUT2D eigenvalue weighted by Crippen LogP contribution is 2.31. The zero-order chi connectivity index (χ0) is 14.8. The predicted octanol–water partition coefficient (Wildman–Crippen LogP) is 3.36. The second-order valence-corrected chi connectivity index (χ2v) is 4.64. The summed E-state index contributed by atoms with van der Waals surface area (Å²) >= 11 is 0. The average molecular weight is 283 g/mol. The van der Waals surface area contributed by atoms with Crippen LogP contribution in [0.1, 0.15) is 36.1 Å². The number of hydrogen-bond acceptors (Lipinski definition) is 2. The Balaban J connectivity index is 2.26. The van der Waals surface area contributed by atoms with Crippen LogP contribution in [-0.2, 0) is 12.7 Å². The van der Waals surface area contributed by atoms with Gasteiger partial charge in [0.1, 0.15) is 0 Å². The quantitative estimate of drug-likeness (QED) is 0.935. The molecule has 6 heteroatoms. The Morgan fingerprint density at radius 2 is 2.05 bits per heavy atom. The van der Waals surface area contributed by atoms with E-state index < -0.39 is 17.8 Å². The lowest BCUT2D eigenvalue weighted by Crippen LogP contribution is -2.13. The summed E-state index contributed by atoms with van der Waals surface area (Å²) < 4.78 is 39.8. The van der Waals surface area contributed by atoms with Crippen molar-refractivity contribution in [1.82, 2.24) is 9.78 Å². The van der Waals surface area contributed by atoms with E-state index >= 15 is 0 Å². The lowest BCUT2D eigenvalue weighted by atomic mass is 10.0. The standard InChI is InChI=1S/C14H16F3N3/c1-2-6-20-9-11(8-19-20)13(18)10-4-3-5-12(7-10)14(15,16)17/h3-5,7-9,13H,2,6,18H2,1H3. The molecule has 2 N–H and O–H groups in total. The molecule has 108 valence electrons. The van der Waals surface area contributed by atoms with Crippen molar-refractivity contribution in [3.63, 3.8) is 0 Å². The van der Waals surface area contributed by atoms with Crippen molar-refractivity contribution in [3.8, 4) is 0 Å². The molecule has 2 aromatic rings. The molecule has 0 spiro atoms. The first-order valence-electron chi connectivity index (χ1n) is 6.37. The van der Waals surface area contributed by atoms with Gasteiger partial charge >= 0.3 is 6.18 Å². The maximum absolute atomic E-state index is 12.7. The Labute approximate surface area is 115 Å². The number of benzene rings is 1. The lowest BCUT2D eigenvalue weighted by molar-refractivity contribution is -0.137. The second-order valence-electron chi connectivity index (χ2n) is 4.64. The predicted molar refractivity (Wildman–Crippen MR) is 70.0 cm³/mol. The molecule has 0 fully saturated rings. The average Bonchev–Trinajstić information content (AvgIpc) is 2.86. The van der Waals surface area contributed by atoms with Crippen molar-refractivity contribution in [2.24, 2.45) is 5.73 Å². The van der Waals surface area contributed by atoms with Gasteiger partial charge in [0.2, 0.25) is 0 Å². The van der Waals surface area contributed by atoms with Crippen LogP contribution in [0.15, 0.2) is 36.7 Å². The molecule has 0 aliphatic heterocycles. The fourth-order valence-corrected chi connectivity index (χ4v) is 1.99. The van der Waals surface area contributed by atoms with Crippen LogP contribution in [0.2, 0.25) is 0 Å². The molecule has 0 aliphatic carbocycles. The molecule has 0 radical (unpaired) electrons. The molecule has 2 rings (SSSR count). The molecule has 0 bridgehead atoms. The molecule has 3 nitrogen and oxygen atoms in total. The Morgan fingerprint density at radius 1 is 1.30 bits per heavy atom. The van der Waals surface area contributed by atoms with Crippen molar-refractivity contribution in [2.45, 2.75) is 32.1 Å². The third-order valence-electron chi connectivity index (χ3n) is 3.04. The summed E-state index contributed by atoms with van der Waals surface area (Å²) in [6.45, 7) is 2.78. The van der Waals surface area contributed by atoms with Gasteiger partial charge in [0, 0.05) is 18.3 Å². The fourth-order valence-electron chi connectivity index (χ4n) is 1.99. The van der Waals surface area contributed by atoms with Crippen LogP contribution in [0.5, 0.6) is 0 Å². The van der Waals surface area contributed by atoms with E-state index in [0.717, 1.165) is 25.1 Å². The van der Waals surface area contributed by atoms with Gasteiger partial charge in [-0.05, 0) is 24.1 Å². The topological polar surface area (TPSA) is 43.8 Å². The molecule has 1 atom stereocenters. The van der Waals surface area contributed by atoms with Crippen molar-refractivity contribution in [2.75, 3.05) is 0 Å². The monoisotopic (exact) mass is 283 g/mol. The van der Waals surface area contributed by atoms with E-state index in [9.17, 15) is 13.2 Å². The Morgan fingerprint density at radius 3 is 2.70 bits per heavy atom. The fraction of sp³-hybridized carbons (Fsp3) is 0.357. The number of rotatable bonds is 4. The first-order chi connectivity index (χ1) is 9.41. The van der Waals surface area contributed by atoms with Crippen molar-refractivity contribution < 1.29 is 13.2 Å². The molecule has 1 unspecified atom stereocenters. The number of nitrogens with zero attached hydrogens (tertiary/aromatic N) is 2. The van der Waals surface area contributed by atoms with Crippen LogP contribution in [0.4, 0.5) is 13.2 Å². The zero-order valence-electron chi connectivity index (χ0n) is 11.1. The third-order valence-corrected chi connectivity index (χ3v) is 3.04. The Hall–Kier alpha value is -1.82. The summed E-state index contributed by atoms with van der Waals surface area (Å²) in [6, 6.07) is 4.48. The number of alkyl halides is 3. The summed E-state index contributed by atoms with van der Waals surface area (Å²) in [6.07, 6.45) is -0.0585. The summed E-state index contributed by atoms with van der Waals surface area (Å²) in [4.78, 5) is 0. The minimum atomic E-state index is -4.36. The molecule has 1 heterocycles. The molecule has 0 aliphatic rings. The van der Waals surface area contributed by atoms with Gasteiger partial charge in [-0.2, -0.15) is 18.3 Å². The first kappa shape index (κ1) is 14.6. The molecule has 1 aromatic carbocycles. The van der Waals surface area contributed by atoms with Gasteiger partial charge in [-0.3, -0.25) is 4.68 Å². The number of halogens is 3. The molecule has 0 amide bonds. The largest absolute Gasteiger partial charge is 0.416 e. The Kier molecular flexibility index (Phi) is 4.13. The highest BCUT2D eigenvalue weighted by atomic mass is 19.4. The molecule has 0 saturated heterocycles. The molecule has 20 heavy (non-hydrogen) atoms. The zero-order valence-corrected chi connectivity index (χ0v) is 11.1. The van der Waals surface area contributed by atoms with Crippen LogP contribution < -0.4 is 5.73 Å². The minimum absolute atomic E-state index is 0.427. The first-order valence-corrected chi connectivity index (χ1v) is 6.37. The van der Waals surface area contributed by atoms with Crippen LogP contribution in [0.3, 0.4) is 0 Å². The molecule has 0 saturated carbocycles. The maximum Gasteiger partial charge on any atom is 0.416 e. The number of hydrogen-bond donors (Lipinski definition) is 1. The van der Waals surface area contributed by atoms with Gasteiger partial charge in [-0.15, -0.1) is 0 Å². The van der Waals surface area contributed by atoms with Crippen LogP contribution >= 0.6 is 0 Å². The minimum Gasteiger partial charge on any atom is -0.320 e. The Bertz CT molecular complexity index is 575. The van der Waals surface area contributed by atoms with Crippen LogP contribution in [0, 0.1) is 0 Å². The summed E-state index contributed by atoms with van der Waals surface area (Å²) in [5.74, 6) is 0. The maximum atomic E-state index is 12.7. The third kappa shape index (κ3) is 3.19. The van der Waals surface area contributed by atoms with E-state index in [1.165, 1.54) is 6.07 Å². The van der Waals surface area contributed by atoms with E-state index in [1.807, 2.05) is 6.92 Å². The number of aromatic nitrogens is 2. The van der Waals surface area contributed by atoms with Crippen molar-refractivity contribution >= 4 is 0 Å². The SMILES string of the molecule is CCCn1cc(C(N)c2cccc(C(F)(F)F)c2)cn1. The second kappa shape index (κ2) is 5.66.